The SMILES string of the molecule is COc1cccc(C(CNC(=O)c2ccc(-c3ccccc3)nc2C)N2CCCC2)c1. The van der Waals surface area contributed by atoms with E-state index in [4.69, 9.17) is 4.74 Å². The third-order valence-electron chi connectivity index (χ3n) is 5.92. The minimum atomic E-state index is -0.0864. The van der Waals surface area contributed by atoms with Crippen molar-refractivity contribution in [3.8, 4) is 17.0 Å². The topological polar surface area (TPSA) is 54.5 Å². The zero-order valence-electron chi connectivity index (χ0n) is 18.2. The Kier molecular flexibility index (Phi) is 6.63. The summed E-state index contributed by atoms with van der Waals surface area (Å²) in [6.45, 7) is 4.53. The smallest absolute Gasteiger partial charge is 0.253 e. The van der Waals surface area contributed by atoms with Crippen molar-refractivity contribution >= 4 is 5.91 Å². The number of pyridine rings is 1. The summed E-state index contributed by atoms with van der Waals surface area (Å²) in [5, 5.41) is 3.15. The van der Waals surface area contributed by atoms with Crippen LogP contribution in [0.2, 0.25) is 0 Å². The van der Waals surface area contributed by atoms with Crippen molar-refractivity contribution in [2.45, 2.75) is 25.8 Å². The van der Waals surface area contributed by atoms with E-state index in [0.29, 0.717) is 12.1 Å². The summed E-state index contributed by atoms with van der Waals surface area (Å²) in [7, 11) is 1.68. The monoisotopic (exact) mass is 415 g/mol. The van der Waals surface area contributed by atoms with Crippen molar-refractivity contribution in [1.29, 1.82) is 0 Å². The number of methoxy groups -OCH3 is 1. The van der Waals surface area contributed by atoms with Gasteiger partial charge in [-0.2, -0.15) is 0 Å². The van der Waals surface area contributed by atoms with Crippen LogP contribution in [0.15, 0.2) is 66.7 Å². The summed E-state index contributed by atoms with van der Waals surface area (Å²) < 4.78 is 5.41. The molecule has 1 atom stereocenters. The largest absolute Gasteiger partial charge is 0.497 e. The molecule has 0 radical (unpaired) electrons. The van der Waals surface area contributed by atoms with E-state index in [2.05, 4.69) is 27.3 Å². The zero-order chi connectivity index (χ0) is 21.6. The Bertz CT molecular complexity index is 1030. The van der Waals surface area contributed by atoms with Crippen molar-refractivity contribution in [2.24, 2.45) is 0 Å². The van der Waals surface area contributed by atoms with Crippen LogP contribution in [0.5, 0.6) is 5.75 Å². The summed E-state index contributed by atoms with van der Waals surface area (Å²) in [5.74, 6) is 0.751. The first-order valence-corrected chi connectivity index (χ1v) is 10.8. The number of hydrogen-bond donors (Lipinski definition) is 1. The van der Waals surface area contributed by atoms with Gasteiger partial charge in [-0.15, -0.1) is 0 Å². The van der Waals surface area contributed by atoms with Crippen molar-refractivity contribution in [2.75, 3.05) is 26.7 Å². The lowest BCUT2D eigenvalue weighted by atomic mass is 10.0. The second kappa shape index (κ2) is 9.75. The van der Waals surface area contributed by atoms with Gasteiger partial charge in [-0.3, -0.25) is 14.7 Å². The minimum Gasteiger partial charge on any atom is -0.497 e. The number of rotatable bonds is 7. The number of carbonyl (C=O) groups is 1. The van der Waals surface area contributed by atoms with Gasteiger partial charge in [0.2, 0.25) is 0 Å². The van der Waals surface area contributed by atoms with Gasteiger partial charge in [0.05, 0.1) is 30.1 Å². The van der Waals surface area contributed by atoms with E-state index >= 15 is 0 Å². The molecule has 1 aliphatic rings. The number of aryl methyl sites for hydroxylation is 1. The molecule has 3 aromatic rings. The maximum atomic E-state index is 13.0. The van der Waals surface area contributed by atoms with Gasteiger partial charge >= 0.3 is 0 Å². The van der Waals surface area contributed by atoms with Crippen LogP contribution >= 0.6 is 0 Å². The number of nitrogens with one attached hydrogen (secondary N) is 1. The van der Waals surface area contributed by atoms with Gasteiger partial charge in [-0.25, -0.2) is 0 Å². The van der Waals surface area contributed by atoms with E-state index < -0.39 is 0 Å². The Hall–Kier alpha value is -3.18. The Morgan fingerprint density at radius 1 is 1.06 bits per heavy atom. The fourth-order valence-electron chi connectivity index (χ4n) is 4.22. The van der Waals surface area contributed by atoms with Crippen LogP contribution in [0.25, 0.3) is 11.3 Å². The maximum absolute atomic E-state index is 13.0. The summed E-state index contributed by atoms with van der Waals surface area (Å²) in [4.78, 5) is 20.1. The fourth-order valence-corrected chi connectivity index (χ4v) is 4.22. The molecule has 1 aromatic heterocycles. The summed E-state index contributed by atoms with van der Waals surface area (Å²) in [6.07, 6.45) is 2.39. The molecular weight excluding hydrogens is 386 g/mol. The molecule has 0 spiro atoms. The predicted octanol–water partition coefficient (Wildman–Crippen LogP) is 4.63. The summed E-state index contributed by atoms with van der Waals surface area (Å²) >= 11 is 0. The van der Waals surface area contributed by atoms with E-state index in [1.165, 1.54) is 12.8 Å². The van der Waals surface area contributed by atoms with Crippen molar-refractivity contribution in [1.82, 2.24) is 15.2 Å². The average molecular weight is 416 g/mol. The highest BCUT2D eigenvalue weighted by Gasteiger charge is 2.25. The molecule has 160 valence electrons. The number of ether oxygens (including phenoxy) is 1. The van der Waals surface area contributed by atoms with Gasteiger partial charge in [0.1, 0.15) is 5.75 Å². The number of carbonyl (C=O) groups excluding carboxylic acids is 1. The highest BCUT2D eigenvalue weighted by molar-refractivity contribution is 5.95. The Balaban J connectivity index is 1.50. The number of benzene rings is 2. The molecule has 5 heteroatoms. The van der Waals surface area contributed by atoms with Crippen LogP contribution in [-0.2, 0) is 0 Å². The molecule has 1 N–H and O–H groups in total. The number of amides is 1. The lowest BCUT2D eigenvalue weighted by Gasteiger charge is -2.28. The van der Waals surface area contributed by atoms with E-state index in [-0.39, 0.29) is 11.9 Å². The molecular formula is C26H29N3O2. The second-order valence-corrected chi connectivity index (χ2v) is 7.94. The lowest BCUT2D eigenvalue weighted by molar-refractivity contribution is 0.0937. The van der Waals surface area contributed by atoms with E-state index in [1.807, 2.05) is 61.5 Å². The molecule has 0 aliphatic carbocycles. The van der Waals surface area contributed by atoms with Gasteiger partial charge in [-0.05, 0) is 62.7 Å². The molecule has 1 amide bonds. The van der Waals surface area contributed by atoms with Crippen LogP contribution in [0.3, 0.4) is 0 Å². The van der Waals surface area contributed by atoms with Crippen molar-refractivity contribution < 1.29 is 9.53 Å². The van der Waals surface area contributed by atoms with Gasteiger partial charge in [0.25, 0.3) is 5.91 Å². The maximum Gasteiger partial charge on any atom is 0.253 e. The molecule has 31 heavy (non-hydrogen) atoms. The first-order valence-electron chi connectivity index (χ1n) is 10.8. The number of nitrogens with zero attached hydrogens (tertiary/aromatic N) is 2. The molecule has 1 fully saturated rings. The van der Waals surface area contributed by atoms with Gasteiger partial charge < -0.3 is 10.1 Å². The minimum absolute atomic E-state index is 0.0864. The van der Waals surface area contributed by atoms with Crippen molar-refractivity contribution in [3.05, 3.63) is 83.6 Å². The summed E-state index contributed by atoms with van der Waals surface area (Å²) in [6, 6.07) is 22.1. The molecule has 4 rings (SSSR count). The number of hydrogen-bond acceptors (Lipinski definition) is 4. The van der Waals surface area contributed by atoms with Gasteiger partial charge in [0, 0.05) is 12.1 Å². The molecule has 0 saturated carbocycles. The van der Waals surface area contributed by atoms with Crippen LogP contribution < -0.4 is 10.1 Å². The number of aromatic nitrogens is 1. The Morgan fingerprint density at radius 2 is 1.84 bits per heavy atom. The highest BCUT2D eigenvalue weighted by atomic mass is 16.5. The first-order chi connectivity index (χ1) is 15.2. The second-order valence-electron chi connectivity index (χ2n) is 7.94. The third kappa shape index (κ3) is 4.94. The first kappa shape index (κ1) is 21.1. The molecule has 1 unspecified atom stereocenters. The summed E-state index contributed by atoms with van der Waals surface area (Å²) in [5.41, 5.74) is 4.44. The Morgan fingerprint density at radius 3 is 2.55 bits per heavy atom. The van der Waals surface area contributed by atoms with Gasteiger partial charge in [0.15, 0.2) is 0 Å². The van der Waals surface area contributed by atoms with E-state index in [1.54, 1.807) is 7.11 Å². The lowest BCUT2D eigenvalue weighted by Crippen LogP contribution is -2.37. The van der Waals surface area contributed by atoms with Crippen molar-refractivity contribution in [3.63, 3.8) is 0 Å². The fraction of sp³-hybridized carbons (Fsp3) is 0.308. The highest BCUT2D eigenvalue weighted by Crippen LogP contribution is 2.27. The average Bonchev–Trinajstić information content (AvgIpc) is 3.34. The molecule has 0 bridgehead atoms. The van der Waals surface area contributed by atoms with Crippen LogP contribution in [0, 0.1) is 6.92 Å². The molecule has 1 aliphatic heterocycles. The molecule has 2 heterocycles. The Labute approximate surface area is 184 Å². The quantitative estimate of drug-likeness (QED) is 0.611. The molecule has 1 saturated heterocycles. The van der Waals surface area contributed by atoms with Gasteiger partial charge in [-0.1, -0.05) is 42.5 Å². The van der Waals surface area contributed by atoms with E-state index in [9.17, 15) is 4.79 Å². The molecule has 2 aromatic carbocycles. The number of likely N-dealkylation sites (tertiary alicyclic amines) is 1. The third-order valence-corrected chi connectivity index (χ3v) is 5.92. The standard InChI is InChI=1S/C26H29N3O2/c1-19-23(13-14-24(28-19)20-9-4-3-5-10-20)26(30)27-18-25(29-15-6-7-16-29)21-11-8-12-22(17-21)31-2/h3-5,8-14,17,25H,6-7,15-16,18H2,1-2H3,(H,27,30). The predicted molar refractivity (Wildman–Crippen MR) is 123 cm³/mol. The van der Waals surface area contributed by atoms with Crippen LogP contribution in [0.1, 0.15) is 40.5 Å². The van der Waals surface area contributed by atoms with Crippen LogP contribution in [0.4, 0.5) is 0 Å². The zero-order valence-corrected chi connectivity index (χ0v) is 18.2. The van der Waals surface area contributed by atoms with Crippen LogP contribution in [-0.4, -0.2) is 42.5 Å². The van der Waals surface area contributed by atoms with E-state index in [0.717, 1.165) is 41.4 Å². The normalized spacial score (nSPS) is 14.9. The molecule has 5 nitrogen and oxygen atoms in total.